The Hall–Kier alpha value is -0.720. The fraction of sp³-hybridized carbons (Fsp3) is 0.267. The summed E-state index contributed by atoms with van der Waals surface area (Å²) in [4.78, 5) is 12.2. The first-order valence-corrected chi connectivity index (χ1v) is 9.00. The van der Waals surface area contributed by atoms with Crippen LogP contribution < -0.4 is 5.32 Å². The summed E-state index contributed by atoms with van der Waals surface area (Å²) in [7, 11) is 0. The molecule has 2 aromatic rings. The maximum absolute atomic E-state index is 14.4. The van der Waals surface area contributed by atoms with E-state index in [1.807, 2.05) is 13.0 Å². The van der Waals surface area contributed by atoms with Gasteiger partial charge in [-0.15, -0.1) is 11.3 Å². The second-order valence-corrected chi connectivity index (χ2v) is 8.36. The highest BCUT2D eigenvalue weighted by Gasteiger charge is 2.22. The molecule has 0 saturated carbocycles. The molecule has 2 nitrogen and oxygen atoms in total. The maximum atomic E-state index is 14.4. The van der Waals surface area contributed by atoms with Crippen molar-refractivity contribution in [2.45, 2.75) is 24.6 Å². The van der Waals surface area contributed by atoms with Gasteiger partial charge in [0, 0.05) is 22.5 Å². The smallest absolute Gasteiger partial charge is 0.224 e. The first kappa shape index (κ1) is 15.2. The number of benzene rings is 1. The summed E-state index contributed by atoms with van der Waals surface area (Å²) in [5.41, 5.74) is 3.34. The van der Waals surface area contributed by atoms with Crippen molar-refractivity contribution >= 4 is 54.8 Å². The zero-order chi connectivity index (χ0) is 15.1. The first-order chi connectivity index (χ1) is 9.95. The van der Waals surface area contributed by atoms with Crippen molar-refractivity contribution < 1.29 is 9.18 Å². The number of carbonyl (C=O) groups excluding carboxylic acids is 1. The molecule has 1 unspecified atom stereocenters. The number of aryl methyl sites for hydroxylation is 2. The Labute approximate surface area is 143 Å². The molecular weight excluding hydrogens is 421 g/mol. The number of thiophene rings is 1. The topological polar surface area (TPSA) is 29.1 Å². The quantitative estimate of drug-likeness (QED) is 0.638. The van der Waals surface area contributed by atoms with E-state index in [2.05, 4.69) is 43.2 Å². The van der Waals surface area contributed by atoms with Crippen molar-refractivity contribution in [3.8, 4) is 0 Å². The van der Waals surface area contributed by atoms with Gasteiger partial charge in [0.05, 0.1) is 8.61 Å². The Morgan fingerprint density at radius 3 is 2.76 bits per heavy atom. The van der Waals surface area contributed by atoms with Crippen molar-refractivity contribution in [1.82, 2.24) is 0 Å². The minimum absolute atomic E-state index is 0.0529. The van der Waals surface area contributed by atoms with E-state index in [0.717, 1.165) is 19.8 Å². The third kappa shape index (κ3) is 2.94. The Morgan fingerprint density at radius 2 is 2.10 bits per heavy atom. The lowest BCUT2D eigenvalue weighted by molar-refractivity contribution is -0.116. The van der Waals surface area contributed by atoms with Crippen LogP contribution in [0.3, 0.4) is 0 Å². The fourth-order valence-electron chi connectivity index (χ4n) is 2.38. The van der Waals surface area contributed by atoms with Gasteiger partial charge >= 0.3 is 0 Å². The van der Waals surface area contributed by atoms with E-state index in [9.17, 15) is 9.18 Å². The number of carbonyl (C=O) groups is 1. The average molecular weight is 433 g/mol. The van der Waals surface area contributed by atoms with Crippen molar-refractivity contribution in [3.63, 3.8) is 0 Å². The van der Waals surface area contributed by atoms with Crippen LogP contribution in [-0.4, -0.2) is 5.91 Å². The first-order valence-electron chi connectivity index (χ1n) is 6.48. The predicted molar refractivity (Wildman–Crippen MR) is 90.9 cm³/mol. The van der Waals surface area contributed by atoms with Gasteiger partial charge in [0.25, 0.3) is 0 Å². The maximum Gasteiger partial charge on any atom is 0.224 e. The van der Waals surface area contributed by atoms with Gasteiger partial charge in [-0.1, -0.05) is 15.9 Å². The third-order valence-corrected chi connectivity index (χ3v) is 7.01. The zero-order valence-corrected chi connectivity index (χ0v) is 15.2. The standard InChI is InChI=1S/C15H12Br2FNOS/c1-7-4-12(21-15(7)17)14(16)9-5-8-2-3-13(20)19-11(8)6-10(9)18/h4-6,14H,2-3H2,1H3,(H,19,20). The molecule has 1 aliphatic rings. The number of fused-ring (bicyclic) bond motifs is 1. The number of hydrogen-bond donors (Lipinski definition) is 1. The van der Waals surface area contributed by atoms with E-state index in [-0.39, 0.29) is 16.6 Å². The van der Waals surface area contributed by atoms with Gasteiger partial charge in [0.15, 0.2) is 0 Å². The third-order valence-electron chi connectivity index (χ3n) is 3.52. The average Bonchev–Trinajstić information content (AvgIpc) is 2.77. The molecule has 1 aromatic heterocycles. The Morgan fingerprint density at radius 1 is 1.33 bits per heavy atom. The lowest BCUT2D eigenvalue weighted by Crippen LogP contribution is -2.19. The van der Waals surface area contributed by atoms with Crippen molar-refractivity contribution in [2.24, 2.45) is 0 Å². The number of hydrogen-bond acceptors (Lipinski definition) is 2. The van der Waals surface area contributed by atoms with Gasteiger partial charge in [-0.3, -0.25) is 4.79 Å². The van der Waals surface area contributed by atoms with Crippen LogP contribution in [0.2, 0.25) is 0 Å². The minimum Gasteiger partial charge on any atom is -0.326 e. The monoisotopic (exact) mass is 431 g/mol. The molecule has 1 aromatic carbocycles. The van der Waals surface area contributed by atoms with E-state index in [1.54, 1.807) is 11.3 Å². The van der Waals surface area contributed by atoms with Crippen molar-refractivity contribution in [1.29, 1.82) is 0 Å². The van der Waals surface area contributed by atoms with Gasteiger partial charge in [-0.2, -0.15) is 0 Å². The number of anilines is 1. The summed E-state index contributed by atoms with van der Waals surface area (Å²) in [5.74, 6) is -0.358. The van der Waals surface area contributed by atoms with Crippen LogP contribution in [-0.2, 0) is 11.2 Å². The highest BCUT2D eigenvalue weighted by atomic mass is 79.9. The van der Waals surface area contributed by atoms with Crippen LogP contribution in [0.1, 0.15) is 32.8 Å². The normalized spacial score (nSPS) is 15.5. The number of amides is 1. The van der Waals surface area contributed by atoms with Crippen LogP contribution >= 0.6 is 43.2 Å². The molecule has 0 fully saturated rings. The number of halogens is 3. The van der Waals surface area contributed by atoms with E-state index in [1.165, 1.54) is 6.07 Å². The highest BCUT2D eigenvalue weighted by molar-refractivity contribution is 9.11. The molecule has 0 bridgehead atoms. The molecule has 2 heterocycles. The predicted octanol–water partition coefficient (Wildman–Crippen LogP) is 5.33. The molecule has 21 heavy (non-hydrogen) atoms. The zero-order valence-electron chi connectivity index (χ0n) is 11.2. The number of nitrogens with one attached hydrogen (secondary N) is 1. The van der Waals surface area contributed by atoms with Crippen LogP contribution in [0.4, 0.5) is 10.1 Å². The van der Waals surface area contributed by atoms with Crippen LogP contribution in [0.25, 0.3) is 0 Å². The molecule has 110 valence electrons. The largest absolute Gasteiger partial charge is 0.326 e. The highest BCUT2D eigenvalue weighted by Crippen LogP contribution is 2.41. The Bertz CT molecular complexity index is 709. The SMILES string of the molecule is Cc1cc(C(Br)c2cc3c(cc2F)NC(=O)CC3)sc1Br. The summed E-state index contributed by atoms with van der Waals surface area (Å²) in [6, 6.07) is 5.33. The molecule has 0 radical (unpaired) electrons. The van der Waals surface area contributed by atoms with Crippen molar-refractivity contribution in [2.75, 3.05) is 5.32 Å². The molecule has 6 heteroatoms. The fourth-order valence-corrected chi connectivity index (χ4v) is 4.71. The van der Waals surface area contributed by atoms with E-state index >= 15 is 0 Å². The number of rotatable bonds is 2. The van der Waals surface area contributed by atoms with Gasteiger partial charge in [-0.05, 0) is 58.6 Å². The summed E-state index contributed by atoms with van der Waals surface area (Å²) in [5, 5.41) is 2.72. The Balaban J connectivity index is 2.00. The molecular formula is C15H12Br2FNOS. The molecule has 1 N–H and O–H groups in total. The molecule has 1 amide bonds. The minimum atomic E-state index is -0.306. The lowest BCUT2D eigenvalue weighted by Gasteiger charge is -2.19. The summed E-state index contributed by atoms with van der Waals surface area (Å²) in [6.07, 6.45) is 1.11. The summed E-state index contributed by atoms with van der Waals surface area (Å²) < 4.78 is 15.4. The second kappa shape index (κ2) is 5.82. The van der Waals surface area contributed by atoms with Gasteiger partial charge in [0.2, 0.25) is 5.91 Å². The number of alkyl halides is 1. The van der Waals surface area contributed by atoms with Crippen LogP contribution in [0.15, 0.2) is 22.0 Å². The van der Waals surface area contributed by atoms with Gasteiger partial charge < -0.3 is 5.32 Å². The molecule has 3 rings (SSSR count). The molecule has 1 aliphatic heterocycles. The van der Waals surface area contributed by atoms with E-state index in [4.69, 9.17) is 0 Å². The van der Waals surface area contributed by atoms with Crippen LogP contribution in [0, 0.1) is 12.7 Å². The van der Waals surface area contributed by atoms with Crippen molar-refractivity contribution in [3.05, 3.63) is 49.4 Å². The molecule has 0 saturated heterocycles. The Kier molecular flexibility index (Phi) is 4.21. The van der Waals surface area contributed by atoms with E-state index < -0.39 is 0 Å². The van der Waals surface area contributed by atoms with E-state index in [0.29, 0.717) is 24.1 Å². The summed E-state index contributed by atoms with van der Waals surface area (Å²) >= 11 is 8.69. The van der Waals surface area contributed by atoms with Gasteiger partial charge in [-0.25, -0.2) is 4.39 Å². The molecule has 0 aliphatic carbocycles. The lowest BCUT2D eigenvalue weighted by atomic mass is 9.98. The molecule has 0 spiro atoms. The molecule has 1 atom stereocenters. The second-order valence-electron chi connectivity index (χ2n) is 5.05. The van der Waals surface area contributed by atoms with Crippen LogP contribution in [0.5, 0.6) is 0 Å². The summed E-state index contributed by atoms with van der Waals surface area (Å²) in [6.45, 7) is 2.02. The van der Waals surface area contributed by atoms with Gasteiger partial charge in [0.1, 0.15) is 5.82 Å².